The molecular weight excluding hydrogens is 304 g/mol. The zero-order valence-corrected chi connectivity index (χ0v) is 13.2. The maximum Gasteiger partial charge on any atom is 0.240 e. The van der Waals surface area contributed by atoms with Gasteiger partial charge in [0.1, 0.15) is 4.99 Å². The average Bonchev–Trinajstić information content (AvgIpc) is 2.46. The van der Waals surface area contributed by atoms with E-state index in [0.717, 1.165) is 16.7 Å². The summed E-state index contributed by atoms with van der Waals surface area (Å²) < 4.78 is 26.9. The molecule has 0 spiro atoms. The lowest BCUT2D eigenvalue weighted by molar-refractivity contribution is 0.581. The summed E-state index contributed by atoms with van der Waals surface area (Å²) in [6.45, 7) is 2.09. The van der Waals surface area contributed by atoms with Crippen LogP contribution in [0.1, 0.15) is 16.7 Å². The number of nitrogens with two attached hydrogens (primary N) is 1. The zero-order chi connectivity index (χ0) is 15.5. The van der Waals surface area contributed by atoms with E-state index in [1.165, 1.54) is 0 Å². The summed E-state index contributed by atoms with van der Waals surface area (Å²) in [5.74, 6) is 0. The Morgan fingerprint density at radius 2 is 1.86 bits per heavy atom. The molecule has 0 bridgehead atoms. The van der Waals surface area contributed by atoms with E-state index in [0.29, 0.717) is 4.99 Å². The van der Waals surface area contributed by atoms with Crippen molar-refractivity contribution in [3.63, 3.8) is 0 Å². The van der Waals surface area contributed by atoms with E-state index in [2.05, 4.69) is 4.72 Å². The Labute approximate surface area is 130 Å². The van der Waals surface area contributed by atoms with Crippen LogP contribution in [0.3, 0.4) is 0 Å². The van der Waals surface area contributed by atoms with Crippen molar-refractivity contribution in [3.8, 4) is 0 Å². The number of thiocarbonyl (C=S) groups is 1. The second-order valence-electron chi connectivity index (χ2n) is 4.70. The Balaban J connectivity index is 2.13. The molecule has 0 saturated carbocycles. The van der Waals surface area contributed by atoms with Crippen molar-refractivity contribution in [1.82, 2.24) is 4.72 Å². The molecule has 0 amide bonds. The predicted octanol–water partition coefficient (Wildman–Crippen LogP) is 2.11. The number of aryl methyl sites for hydroxylation is 1. The van der Waals surface area contributed by atoms with Crippen molar-refractivity contribution in [2.24, 2.45) is 5.73 Å². The first-order chi connectivity index (χ1) is 9.88. The van der Waals surface area contributed by atoms with Gasteiger partial charge < -0.3 is 5.73 Å². The molecule has 6 heteroatoms. The molecule has 21 heavy (non-hydrogen) atoms. The summed E-state index contributed by atoms with van der Waals surface area (Å²) >= 11 is 4.91. The molecule has 0 saturated heterocycles. The van der Waals surface area contributed by atoms with Gasteiger partial charge in [-0.2, -0.15) is 0 Å². The predicted molar refractivity (Wildman–Crippen MR) is 87.5 cm³/mol. The highest BCUT2D eigenvalue weighted by atomic mass is 32.2. The number of nitrogens with one attached hydrogen (secondary N) is 1. The molecule has 2 aromatic rings. The minimum absolute atomic E-state index is 0.187. The van der Waals surface area contributed by atoms with Crippen LogP contribution in [0, 0.1) is 6.92 Å². The van der Waals surface area contributed by atoms with Gasteiger partial charge >= 0.3 is 0 Å². The summed E-state index contributed by atoms with van der Waals surface area (Å²) in [4.78, 5) is 0.539. The third-order valence-electron chi connectivity index (χ3n) is 3.01. The van der Waals surface area contributed by atoms with Crippen LogP contribution in [0.4, 0.5) is 0 Å². The second kappa shape index (κ2) is 6.34. The van der Waals surface area contributed by atoms with Gasteiger partial charge in [-0.25, -0.2) is 13.1 Å². The van der Waals surface area contributed by atoms with E-state index in [1.54, 1.807) is 42.5 Å². The van der Waals surface area contributed by atoms with Gasteiger partial charge in [0.05, 0.1) is 4.90 Å². The first-order valence-electron chi connectivity index (χ1n) is 6.33. The Kier molecular flexibility index (Phi) is 4.72. The first kappa shape index (κ1) is 15.6. The van der Waals surface area contributed by atoms with Crippen molar-refractivity contribution in [1.29, 1.82) is 0 Å². The average molecular weight is 320 g/mol. The minimum atomic E-state index is -3.52. The lowest BCUT2D eigenvalue weighted by Crippen LogP contribution is -2.23. The van der Waals surface area contributed by atoms with Crippen LogP contribution in [-0.4, -0.2) is 13.4 Å². The van der Waals surface area contributed by atoms with E-state index < -0.39 is 10.0 Å². The summed E-state index contributed by atoms with van der Waals surface area (Å²) in [5.41, 5.74) is 8.10. The van der Waals surface area contributed by atoms with E-state index in [9.17, 15) is 8.42 Å². The normalized spacial score (nSPS) is 11.3. The van der Waals surface area contributed by atoms with Crippen LogP contribution in [0.5, 0.6) is 0 Å². The van der Waals surface area contributed by atoms with Crippen LogP contribution in [0.15, 0.2) is 53.4 Å². The van der Waals surface area contributed by atoms with Gasteiger partial charge in [0, 0.05) is 12.1 Å². The number of benzene rings is 2. The molecule has 0 radical (unpaired) electrons. The molecule has 0 atom stereocenters. The summed E-state index contributed by atoms with van der Waals surface area (Å²) in [7, 11) is -3.52. The van der Waals surface area contributed by atoms with E-state index >= 15 is 0 Å². The lowest BCUT2D eigenvalue weighted by Gasteiger charge is -2.08. The van der Waals surface area contributed by atoms with Gasteiger partial charge in [-0.05, 0) is 30.7 Å². The zero-order valence-electron chi connectivity index (χ0n) is 11.5. The summed E-state index contributed by atoms with van der Waals surface area (Å²) in [5, 5.41) is 0. The molecule has 110 valence electrons. The van der Waals surface area contributed by atoms with Gasteiger partial charge in [0.2, 0.25) is 10.0 Å². The fourth-order valence-corrected chi connectivity index (χ4v) is 2.96. The van der Waals surface area contributed by atoms with Crippen molar-refractivity contribution in [2.45, 2.75) is 18.4 Å². The molecule has 0 aliphatic carbocycles. The van der Waals surface area contributed by atoms with Crippen molar-refractivity contribution in [2.75, 3.05) is 0 Å². The number of sulfonamides is 1. The molecule has 2 rings (SSSR count). The Hall–Kier alpha value is -1.76. The van der Waals surface area contributed by atoms with Crippen LogP contribution >= 0.6 is 12.2 Å². The van der Waals surface area contributed by atoms with Crippen LogP contribution < -0.4 is 10.5 Å². The number of rotatable bonds is 5. The Morgan fingerprint density at radius 1 is 1.19 bits per heavy atom. The highest BCUT2D eigenvalue weighted by molar-refractivity contribution is 7.89. The molecule has 2 aromatic carbocycles. The third kappa shape index (κ3) is 4.10. The number of hydrogen-bond acceptors (Lipinski definition) is 3. The summed E-state index contributed by atoms with van der Waals surface area (Å²) in [6, 6.07) is 13.9. The smallest absolute Gasteiger partial charge is 0.240 e. The van der Waals surface area contributed by atoms with Gasteiger partial charge in [0.15, 0.2) is 0 Å². The molecule has 0 fully saturated rings. The van der Waals surface area contributed by atoms with Gasteiger partial charge in [-0.1, -0.05) is 48.1 Å². The molecule has 0 unspecified atom stereocenters. The van der Waals surface area contributed by atoms with E-state index in [4.69, 9.17) is 18.0 Å². The monoisotopic (exact) mass is 320 g/mol. The highest BCUT2D eigenvalue weighted by Crippen LogP contribution is 2.11. The largest absolute Gasteiger partial charge is 0.389 e. The maximum absolute atomic E-state index is 12.2. The standard InChI is InChI=1S/C15H16N2O2S2/c1-11-5-7-14(8-6-11)21(18,19)17-10-12-3-2-4-13(9-12)15(16)20/h2-9,17H,10H2,1H3,(H2,16,20). The van der Waals surface area contributed by atoms with Crippen LogP contribution in [0.2, 0.25) is 0 Å². The minimum Gasteiger partial charge on any atom is -0.389 e. The lowest BCUT2D eigenvalue weighted by atomic mass is 10.1. The third-order valence-corrected chi connectivity index (χ3v) is 4.66. The fourth-order valence-electron chi connectivity index (χ4n) is 1.81. The second-order valence-corrected chi connectivity index (χ2v) is 6.91. The fraction of sp³-hybridized carbons (Fsp3) is 0.133. The van der Waals surface area contributed by atoms with Gasteiger partial charge in [-0.3, -0.25) is 0 Å². The molecular formula is C15H16N2O2S2. The van der Waals surface area contributed by atoms with Crippen molar-refractivity contribution in [3.05, 3.63) is 65.2 Å². The van der Waals surface area contributed by atoms with Gasteiger partial charge in [0.25, 0.3) is 0 Å². The Bertz CT molecular complexity index is 753. The van der Waals surface area contributed by atoms with Crippen LogP contribution in [-0.2, 0) is 16.6 Å². The van der Waals surface area contributed by atoms with Crippen LogP contribution in [0.25, 0.3) is 0 Å². The molecule has 0 aliphatic rings. The molecule has 0 heterocycles. The molecule has 0 aromatic heterocycles. The maximum atomic E-state index is 12.2. The molecule has 0 aliphatic heterocycles. The van der Waals surface area contributed by atoms with E-state index in [1.807, 2.05) is 13.0 Å². The quantitative estimate of drug-likeness (QED) is 0.828. The van der Waals surface area contributed by atoms with Crippen molar-refractivity contribution >= 4 is 27.2 Å². The SMILES string of the molecule is Cc1ccc(S(=O)(=O)NCc2cccc(C(N)=S)c2)cc1. The molecule has 3 N–H and O–H groups in total. The molecule has 4 nitrogen and oxygen atoms in total. The number of hydrogen-bond donors (Lipinski definition) is 2. The van der Waals surface area contributed by atoms with Gasteiger partial charge in [-0.15, -0.1) is 0 Å². The topological polar surface area (TPSA) is 72.2 Å². The Morgan fingerprint density at radius 3 is 2.48 bits per heavy atom. The summed E-state index contributed by atoms with van der Waals surface area (Å²) in [6.07, 6.45) is 0. The van der Waals surface area contributed by atoms with Crippen molar-refractivity contribution < 1.29 is 8.42 Å². The van der Waals surface area contributed by atoms with E-state index in [-0.39, 0.29) is 11.4 Å². The first-order valence-corrected chi connectivity index (χ1v) is 8.23. The highest BCUT2D eigenvalue weighted by Gasteiger charge is 2.13.